The van der Waals surface area contributed by atoms with Crippen LogP contribution in [-0.2, 0) is 38.1 Å². The summed E-state index contributed by atoms with van der Waals surface area (Å²) in [5.41, 5.74) is -3.15. The number of methoxy groups -OCH3 is 1. The molecule has 2 fully saturated rings. The summed E-state index contributed by atoms with van der Waals surface area (Å²) in [6.45, 7) is 14.5. The Bertz CT molecular complexity index is 1010. The summed E-state index contributed by atoms with van der Waals surface area (Å²) in [6.07, 6.45) is -6.26. The largest absolute Gasteiger partial charge is 0.459 e. The number of esters is 2. The van der Waals surface area contributed by atoms with Crippen LogP contribution >= 0.6 is 0 Å². The van der Waals surface area contributed by atoms with Crippen molar-refractivity contribution in [3.8, 4) is 0 Å². The molecular formula is C32H58N2O11. The third kappa shape index (κ3) is 9.15. The number of hydrogen-bond acceptors (Lipinski definition) is 12. The van der Waals surface area contributed by atoms with Gasteiger partial charge in [0.15, 0.2) is 12.4 Å². The number of aliphatic hydroxyl groups excluding tert-OH is 2. The van der Waals surface area contributed by atoms with Crippen LogP contribution in [0.3, 0.4) is 0 Å². The molecule has 45 heavy (non-hydrogen) atoms. The maximum atomic E-state index is 13.4. The Morgan fingerprint density at radius 1 is 1.11 bits per heavy atom. The van der Waals surface area contributed by atoms with Crippen molar-refractivity contribution in [2.45, 2.75) is 148 Å². The normalized spacial score (nSPS) is 44.4. The van der Waals surface area contributed by atoms with E-state index in [1.54, 1.807) is 34.6 Å². The fraction of sp³-hybridized carbons (Fsp3) is 0.906. The fourth-order valence-electron chi connectivity index (χ4n) is 6.72. The molecule has 13 nitrogen and oxygen atoms in total. The van der Waals surface area contributed by atoms with Crippen LogP contribution in [0.5, 0.6) is 0 Å². The fourth-order valence-corrected chi connectivity index (χ4v) is 6.72. The number of carbonyl (C=O) groups excluding carboxylic acids is 3. The zero-order chi connectivity index (χ0) is 34.6. The lowest BCUT2D eigenvalue weighted by Gasteiger charge is -2.48. The molecule has 0 radical (unpaired) electrons. The Morgan fingerprint density at radius 2 is 1.71 bits per heavy atom. The van der Waals surface area contributed by atoms with Gasteiger partial charge in [-0.05, 0) is 68.0 Å². The first-order chi connectivity index (χ1) is 20.7. The highest BCUT2D eigenvalue weighted by Crippen LogP contribution is 2.38. The average molecular weight is 647 g/mol. The lowest BCUT2D eigenvalue weighted by molar-refractivity contribution is -0.303. The van der Waals surface area contributed by atoms with Gasteiger partial charge in [0.2, 0.25) is 5.91 Å². The summed E-state index contributed by atoms with van der Waals surface area (Å²) in [4.78, 5) is 41.0. The van der Waals surface area contributed by atoms with Crippen LogP contribution in [0, 0.1) is 17.8 Å². The summed E-state index contributed by atoms with van der Waals surface area (Å²) in [5.74, 6) is -4.27. The number of aliphatic hydroxyl groups is 3. The van der Waals surface area contributed by atoms with E-state index in [0.29, 0.717) is 6.42 Å². The van der Waals surface area contributed by atoms with Gasteiger partial charge in [-0.25, -0.2) is 0 Å². The Balaban J connectivity index is 2.66. The van der Waals surface area contributed by atoms with Crippen LogP contribution in [0.15, 0.2) is 0 Å². The molecule has 0 aliphatic carbocycles. The van der Waals surface area contributed by atoms with Gasteiger partial charge in [-0.1, -0.05) is 20.8 Å². The lowest BCUT2D eigenvalue weighted by Crippen LogP contribution is -2.60. The van der Waals surface area contributed by atoms with Gasteiger partial charge in [0, 0.05) is 25.9 Å². The molecule has 0 aromatic heterocycles. The van der Waals surface area contributed by atoms with Gasteiger partial charge >= 0.3 is 11.9 Å². The zero-order valence-corrected chi connectivity index (χ0v) is 29.1. The monoisotopic (exact) mass is 646 g/mol. The van der Waals surface area contributed by atoms with Crippen LogP contribution in [0.1, 0.15) is 81.6 Å². The smallest absolute Gasteiger partial charge is 0.311 e. The highest BCUT2D eigenvalue weighted by Gasteiger charge is 2.51. The van der Waals surface area contributed by atoms with Gasteiger partial charge in [0.05, 0.1) is 41.9 Å². The highest BCUT2D eigenvalue weighted by atomic mass is 16.7. The first kappa shape index (κ1) is 39.3. The number of rotatable bonds is 6. The van der Waals surface area contributed by atoms with Crippen molar-refractivity contribution in [2.24, 2.45) is 17.8 Å². The number of amides is 1. The molecule has 1 amide bonds. The van der Waals surface area contributed by atoms with Crippen LogP contribution < -0.4 is 5.32 Å². The van der Waals surface area contributed by atoms with Gasteiger partial charge in [-0.2, -0.15) is 0 Å². The third-order valence-electron chi connectivity index (χ3n) is 9.68. The van der Waals surface area contributed by atoms with Crippen molar-refractivity contribution >= 4 is 17.8 Å². The van der Waals surface area contributed by atoms with E-state index in [4.69, 9.17) is 23.7 Å². The molecule has 2 aliphatic rings. The number of cyclic esters (lactones) is 1. The standard InChI is InChI=1S/C32H58N2O11/c1-13-23-32(9,40)26(37)20(6)33-28(38)16(2)15-31(8,41-12)27(18(4)24(36)19(5)29(39)44-23)45-30-25(43-21(7)35)22(34(10)11)14-17(3)42-30/h16-20,22-27,30,36-37,40H,13-15H2,1-12H3,(H,33,38)/t16-,17-,18+,19-,20-,22+,23-,24+,25+,26-,27-,30+,31-,32-/m1/s1. The van der Waals surface area contributed by atoms with E-state index in [0.717, 1.165) is 0 Å². The molecular weight excluding hydrogens is 588 g/mol. The summed E-state index contributed by atoms with van der Waals surface area (Å²) in [7, 11) is 5.22. The second-order valence-electron chi connectivity index (χ2n) is 13.8. The van der Waals surface area contributed by atoms with Gasteiger partial charge in [0.1, 0.15) is 17.8 Å². The molecule has 2 saturated heterocycles. The maximum absolute atomic E-state index is 13.4. The van der Waals surface area contributed by atoms with Crippen molar-refractivity contribution in [2.75, 3.05) is 21.2 Å². The van der Waals surface area contributed by atoms with Crippen molar-refractivity contribution in [3.05, 3.63) is 0 Å². The molecule has 0 aromatic rings. The lowest BCUT2D eigenvalue weighted by atomic mass is 9.77. The minimum Gasteiger partial charge on any atom is -0.459 e. The third-order valence-corrected chi connectivity index (χ3v) is 9.68. The molecule has 0 saturated carbocycles. The Labute approximate surface area is 268 Å². The molecule has 2 heterocycles. The van der Waals surface area contributed by atoms with E-state index in [-0.39, 0.29) is 25.0 Å². The van der Waals surface area contributed by atoms with E-state index < -0.39 is 89.7 Å². The topological polar surface area (TPSA) is 173 Å². The second kappa shape index (κ2) is 15.8. The molecule has 4 N–H and O–H groups in total. The van der Waals surface area contributed by atoms with E-state index in [1.165, 1.54) is 27.9 Å². The number of carbonyl (C=O) groups is 3. The summed E-state index contributed by atoms with van der Waals surface area (Å²) in [6, 6.07) is -1.15. The molecule has 2 aliphatic heterocycles. The minimum absolute atomic E-state index is 0.101. The van der Waals surface area contributed by atoms with Crippen molar-refractivity contribution in [1.29, 1.82) is 0 Å². The summed E-state index contributed by atoms with van der Waals surface area (Å²) >= 11 is 0. The molecule has 0 spiro atoms. The number of likely N-dealkylation sites (N-methyl/N-ethyl adjacent to an activating group) is 1. The van der Waals surface area contributed by atoms with Crippen LogP contribution in [-0.4, -0.2) is 125 Å². The SMILES string of the molecule is CC[C@H]1OC(=O)[C@H](C)[C@@H](O)[C@H](C)[C@@H](O[C@@H]2O[C@H](C)C[C@H](N(C)C)[C@@H]2OC(C)=O)[C@](C)(OC)C[C@@H](C)C(=O)N[C@H](C)[C@@H](O)[C@]1(C)O. The number of hydrogen-bond donors (Lipinski definition) is 4. The van der Waals surface area contributed by atoms with Crippen molar-refractivity contribution < 1.29 is 53.4 Å². The predicted octanol–water partition coefficient (Wildman–Crippen LogP) is 1.38. The Morgan fingerprint density at radius 3 is 2.22 bits per heavy atom. The van der Waals surface area contributed by atoms with Gasteiger partial charge in [-0.15, -0.1) is 0 Å². The quantitative estimate of drug-likeness (QED) is 0.306. The minimum atomic E-state index is -1.91. The Hall–Kier alpha value is -1.87. The predicted molar refractivity (Wildman–Crippen MR) is 165 cm³/mol. The average Bonchev–Trinajstić information content (AvgIpc) is 2.96. The van der Waals surface area contributed by atoms with Crippen LogP contribution in [0.2, 0.25) is 0 Å². The zero-order valence-electron chi connectivity index (χ0n) is 29.1. The van der Waals surface area contributed by atoms with Gasteiger partial charge in [0.25, 0.3) is 0 Å². The van der Waals surface area contributed by atoms with E-state index >= 15 is 0 Å². The molecule has 13 heteroatoms. The summed E-state index contributed by atoms with van der Waals surface area (Å²) in [5, 5.41) is 36.8. The summed E-state index contributed by atoms with van der Waals surface area (Å²) < 4.78 is 30.4. The van der Waals surface area contributed by atoms with E-state index in [2.05, 4.69) is 5.32 Å². The number of nitrogens with zero attached hydrogens (tertiary/aromatic N) is 1. The molecule has 2 rings (SSSR count). The number of ether oxygens (including phenoxy) is 5. The Kier molecular flexibility index (Phi) is 13.8. The highest BCUT2D eigenvalue weighted by molar-refractivity contribution is 5.78. The molecule has 0 unspecified atom stereocenters. The molecule has 0 bridgehead atoms. The second-order valence-corrected chi connectivity index (χ2v) is 13.8. The van der Waals surface area contributed by atoms with Crippen molar-refractivity contribution in [3.63, 3.8) is 0 Å². The first-order valence-corrected chi connectivity index (χ1v) is 16.0. The first-order valence-electron chi connectivity index (χ1n) is 16.0. The van der Waals surface area contributed by atoms with Gasteiger partial charge in [-0.3, -0.25) is 14.4 Å². The molecule has 262 valence electrons. The van der Waals surface area contributed by atoms with Gasteiger partial charge < -0.3 is 49.2 Å². The van der Waals surface area contributed by atoms with Crippen molar-refractivity contribution in [1.82, 2.24) is 10.2 Å². The van der Waals surface area contributed by atoms with E-state index in [1.807, 2.05) is 25.9 Å². The molecule has 14 atom stereocenters. The maximum Gasteiger partial charge on any atom is 0.311 e. The number of nitrogens with one attached hydrogen (secondary N) is 1. The molecule has 0 aromatic carbocycles. The van der Waals surface area contributed by atoms with Crippen LogP contribution in [0.25, 0.3) is 0 Å². The van der Waals surface area contributed by atoms with Crippen LogP contribution in [0.4, 0.5) is 0 Å². The van der Waals surface area contributed by atoms with E-state index in [9.17, 15) is 29.7 Å².